The van der Waals surface area contributed by atoms with Crippen molar-refractivity contribution in [2.75, 3.05) is 14.2 Å². The summed E-state index contributed by atoms with van der Waals surface area (Å²) in [5, 5.41) is 0. The van der Waals surface area contributed by atoms with Crippen LogP contribution in [-0.4, -0.2) is 14.2 Å². The monoisotopic (exact) mass is 300 g/mol. The molecular weight excluding hydrogens is 282 g/mol. The summed E-state index contributed by atoms with van der Waals surface area (Å²) >= 11 is 3.58. The van der Waals surface area contributed by atoms with Crippen molar-refractivity contribution in [2.24, 2.45) is 5.73 Å². The third-order valence-corrected chi connectivity index (χ3v) is 3.40. The Kier molecular flexibility index (Phi) is 5.28. The van der Waals surface area contributed by atoms with Crippen molar-refractivity contribution in [2.45, 2.75) is 26.8 Å². The Hall–Kier alpha value is -0.740. The highest BCUT2D eigenvalue weighted by Gasteiger charge is 2.17. The molecule has 0 heterocycles. The first-order chi connectivity index (χ1) is 8.04. The third kappa shape index (κ3) is 3.13. The Balaban J connectivity index is 3.34. The van der Waals surface area contributed by atoms with E-state index in [0.29, 0.717) is 6.54 Å². The fourth-order valence-corrected chi connectivity index (χ4v) is 2.45. The van der Waals surface area contributed by atoms with Crippen LogP contribution in [0.3, 0.4) is 0 Å². The average Bonchev–Trinajstić information content (AvgIpc) is 2.30. The van der Waals surface area contributed by atoms with Gasteiger partial charge in [0.05, 0.1) is 24.3 Å². The maximum atomic E-state index is 5.74. The van der Waals surface area contributed by atoms with Gasteiger partial charge in [0.1, 0.15) is 11.5 Å². The molecule has 17 heavy (non-hydrogen) atoms. The fraction of sp³-hybridized carbons (Fsp3) is 0.462. The molecular formula is C13H19BrNO2. The van der Waals surface area contributed by atoms with Gasteiger partial charge in [-0.2, -0.15) is 0 Å². The Bertz CT molecular complexity index is 391. The van der Waals surface area contributed by atoms with Gasteiger partial charge in [-0.25, -0.2) is 0 Å². The van der Waals surface area contributed by atoms with Crippen LogP contribution < -0.4 is 15.2 Å². The van der Waals surface area contributed by atoms with Crippen LogP contribution in [-0.2, 0) is 13.0 Å². The van der Waals surface area contributed by atoms with Crippen molar-refractivity contribution in [3.8, 4) is 11.5 Å². The second kappa shape index (κ2) is 6.26. The molecule has 0 fully saturated rings. The van der Waals surface area contributed by atoms with Gasteiger partial charge in [0.15, 0.2) is 0 Å². The molecule has 1 aromatic carbocycles. The summed E-state index contributed by atoms with van der Waals surface area (Å²) in [6.45, 7) is 4.59. The van der Waals surface area contributed by atoms with Crippen molar-refractivity contribution >= 4 is 15.9 Å². The lowest BCUT2D eigenvalue weighted by Crippen LogP contribution is -2.06. The lowest BCUT2D eigenvalue weighted by molar-refractivity contribution is 0.383. The van der Waals surface area contributed by atoms with Crippen LogP contribution >= 0.6 is 15.9 Å². The molecule has 0 unspecified atom stereocenters. The first-order valence-electron chi connectivity index (χ1n) is 5.46. The van der Waals surface area contributed by atoms with E-state index in [-0.39, 0.29) is 0 Å². The molecule has 1 aromatic rings. The lowest BCUT2D eigenvalue weighted by atomic mass is 10.00. The number of rotatable bonds is 5. The molecule has 0 aliphatic carbocycles. The second-order valence-electron chi connectivity index (χ2n) is 4.15. The largest absolute Gasteiger partial charge is 0.496 e. The molecule has 2 N–H and O–H groups in total. The standard InChI is InChI=1S/C13H19BrNO2/c1-8(2)5-9-6-11(16-3)10(7-15)13(17-4)12(9)14/h6H,5,7,15H2,1-4H3. The molecule has 0 amide bonds. The number of methoxy groups -OCH3 is 2. The molecule has 0 saturated heterocycles. The fourth-order valence-electron chi connectivity index (χ4n) is 1.80. The van der Waals surface area contributed by atoms with E-state index < -0.39 is 0 Å². The van der Waals surface area contributed by atoms with Crippen molar-refractivity contribution in [3.63, 3.8) is 0 Å². The minimum Gasteiger partial charge on any atom is -0.496 e. The Labute approximate surface area is 111 Å². The molecule has 1 rings (SSSR count). The van der Waals surface area contributed by atoms with Crippen LogP contribution in [0.5, 0.6) is 11.5 Å². The molecule has 0 spiro atoms. The minimum atomic E-state index is 0.389. The molecule has 4 heteroatoms. The maximum Gasteiger partial charge on any atom is 0.141 e. The summed E-state index contributed by atoms with van der Waals surface area (Å²) in [6.07, 6.45) is 0.887. The number of hydrogen-bond acceptors (Lipinski definition) is 3. The predicted molar refractivity (Wildman–Crippen MR) is 73.4 cm³/mol. The van der Waals surface area contributed by atoms with E-state index in [1.165, 1.54) is 5.92 Å². The third-order valence-electron chi connectivity index (χ3n) is 2.53. The summed E-state index contributed by atoms with van der Waals surface area (Å²) in [7, 11) is 3.29. The van der Waals surface area contributed by atoms with E-state index in [0.717, 1.165) is 33.5 Å². The zero-order valence-corrected chi connectivity index (χ0v) is 12.3. The molecule has 1 radical (unpaired) electrons. The van der Waals surface area contributed by atoms with Crippen LogP contribution in [0.2, 0.25) is 0 Å². The predicted octanol–water partition coefficient (Wildman–Crippen LogP) is 3.08. The average molecular weight is 301 g/mol. The van der Waals surface area contributed by atoms with Gasteiger partial charge in [0, 0.05) is 6.54 Å². The Morgan fingerprint density at radius 3 is 2.35 bits per heavy atom. The van der Waals surface area contributed by atoms with E-state index in [2.05, 4.69) is 29.8 Å². The zero-order chi connectivity index (χ0) is 13.0. The molecule has 0 aliphatic rings. The van der Waals surface area contributed by atoms with Crippen molar-refractivity contribution in [1.29, 1.82) is 0 Å². The lowest BCUT2D eigenvalue weighted by Gasteiger charge is -2.17. The van der Waals surface area contributed by atoms with Gasteiger partial charge in [-0.3, -0.25) is 0 Å². The summed E-state index contributed by atoms with van der Waals surface area (Å²) in [5.41, 5.74) is 7.77. The SMILES string of the molecule is COc1cc(C[C](C)C)c(Br)c(OC)c1CN. The van der Waals surface area contributed by atoms with Crippen LogP contribution in [0.1, 0.15) is 25.0 Å². The van der Waals surface area contributed by atoms with Gasteiger partial charge >= 0.3 is 0 Å². The Morgan fingerprint density at radius 1 is 1.29 bits per heavy atom. The molecule has 0 aromatic heterocycles. The van der Waals surface area contributed by atoms with E-state index in [4.69, 9.17) is 15.2 Å². The molecule has 95 valence electrons. The van der Waals surface area contributed by atoms with Crippen LogP contribution in [0.25, 0.3) is 0 Å². The van der Waals surface area contributed by atoms with Gasteiger partial charge in [0.2, 0.25) is 0 Å². The van der Waals surface area contributed by atoms with E-state index in [9.17, 15) is 0 Å². The molecule has 0 saturated carbocycles. The highest BCUT2D eigenvalue weighted by molar-refractivity contribution is 9.10. The summed E-state index contributed by atoms with van der Waals surface area (Å²) in [4.78, 5) is 0. The second-order valence-corrected chi connectivity index (χ2v) is 4.94. The van der Waals surface area contributed by atoms with Gasteiger partial charge in [-0.1, -0.05) is 13.8 Å². The van der Waals surface area contributed by atoms with E-state index >= 15 is 0 Å². The first kappa shape index (κ1) is 14.3. The van der Waals surface area contributed by atoms with Gasteiger partial charge in [-0.15, -0.1) is 0 Å². The Morgan fingerprint density at radius 2 is 1.94 bits per heavy atom. The number of nitrogens with two attached hydrogens (primary N) is 1. The molecule has 0 bridgehead atoms. The van der Waals surface area contributed by atoms with Crippen molar-refractivity contribution < 1.29 is 9.47 Å². The van der Waals surface area contributed by atoms with Crippen molar-refractivity contribution in [1.82, 2.24) is 0 Å². The maximum absolute atomic E-state index is 5.74. The summed E-state index contributed by atoms with van der Waals surface area (Å²) < 4.78 is 11.7. The van der Waals surface area contributed by atoms with Gasteiger partial charge < -0.3 is 15.2 Å². The molecule has 3 nitrogen and oxygen atoms in total. The number of benzene rings is 1. The molecule has 0 atom stereocenters. The quantitative estimate of drug-likeness (QED) is 0.909. The van der Waals surface area contributed by atoms with E-state index in [1.807, 2.05) is 6.07 Å². The summed E-state index contributed by atoms with van der Waals surface area (Å²) in [6, 6.07) is 2.02. The molecule has 0 aliphatic heterocycles. The van der Waals surface area contributed by atoms with Crippen LogP contribution in [0.15, 0.2) is 10.5 Å². The van der Waals surface area contributed by atoms with E-state index in [1.54, 1.807) is 14.2 Å². The first-order valence-corrected chi connectivity index (χ1v) is 6.25. The van der Waals surface area contributed by atoms with Gasteiger partial charge in [-0.05, 0) is 39.9 Å². The minimum absolute atomic E-state index is 0.389. The van der Waals surface area contributed by atoms with Crippen LogP contribution in [0.4, 0.5) is 0 Å². The number of ether oxygens (including phenoxy) is 2. The highest BCUT2D eigenvalue weighted by Crippen LogP contribution is 2.39. The topological polar surface area (TPSA) is 44.5 Å². The zero-order valence-electron chi connectivity index (χ0n) is 10.8. The smallest absolute Gasteiger partial charge is 0.141 e. The number of hydrogen-bond donors (Lipinski definition) is 1. The highest BCUT2D eigenvalue weighted by atomic mass is 79.9. The van der Waals surface area contributed by atoms with Crippen LogP contribution in [0, 0.1) is 5.92 Å². The van der Waals surface area contributed by atoms with Gasteiger partial charge in [0.25, 0.3) is 0 Å². The number of halogens is 1. The normalized spacial score (nSPS) is 10.8. The van der Waals surface area contributed by atoms with Crippen molar-refractivity contribution in [3.05, 3.63) is 27.6 Å². The summed E-state index contributed by atoms with van der Waals surface area (Å²) in [5.74, 6) is 2.88.